The van der Waals surface area contributed by atoms with Crippen molar-refractivity contribution in [3.05, 3.63) is 24.3 Å². The first-order chi connectivity index (χ1) is 14.3. The van der Waals surface area contributed by atoms with Gasteiger partial charge in [0.05, 0.1) is 79.3 Å². The number of alkyl halides is 1. The van der Waals surface area contributed by atoms with E-state index in [4.69, 9.17) is 50.5 Å². The third-order valence-corrected chi connectivity index (χ3v) is 3.61. The molecule has 0 bridgehead atoms. The molecule has 0 aliphatic rings. The van der Waals surface area contributed by atoms with E-state index in [2.05, 4.69) is 0 Å². The highest BCUT2D eigenvalue weighted by Gasteiger charge is 1.96. The van der Waals surface area contributed by atoms with Crippen molar-refractivity contribution < 1.29 is 33.2 Å². The first-order valence-corrected chi connectivity index (χ1v) is 10.4. The zero-order valence-corrected chi connectivity index (χ0v) is 17.8. The predicted octanol–water partition coefficient (Wildman–Crippen LogP) is 1.99. The molecule has 2 N–H and O–H groups in total. The highest BCUT2D eigenvalue weighted by molar-refractivity contribution is 6.17. The molecule has 0 unspecified atom stereocenters. The van der Waals surface area contributed by atoms with E-state index in [0.717, 1.165) is 5.75 Å². The Labute approximate surface area is 178 Å². The molecule has 0 saturated heterocycles. The largest absolute Gasteiger partial charge is 0.491 e. The Kier molecular flexibility index (Phi) is 18.0. The summed E-state index contributed by atoms with van der Waals surface area (Å²) in [6, 6.07) is 7.27. The van der Waals surface area contributed by atoms with Crippen LogP contribution < -0.4 is 10.5 Å². The minimum absolute atomic E-state index is 0.486. The molecule has 0 aromatic heterocycles. The van der Waals surface area contributed by atoms with E-state index in [9.17, 15) is 0 Å². The molecule has 8 nitrogen and oxygen atoms in total. The summed E-state index contributed by atoms with van der Waals surface area (Å²) in [4.78, 5) is 0. The fourth-order valence-electron chi connectivity index (χ4n) is 2.04. The fraction of sp³-hybridized carbons (Fsp3) is 0.700. The number of hydrogen-bond acceptors (Lipinski definition) is 8. The predicted molar refractivity (Wildman–Crippen MR) is 112 cm³/mol. The van der Waals surface area contributed by atoms with Gasteiger partial charge in [-0.25, -0.2) is 0 Å². The van der Waals surface area contributed by atoms with Gasteiger partial charge in [0.1, 0.15) is 12.4 Å². The summed E-state index contributed by atoms with van der Waals surface area (Å²) in [5.74, 6) is 1.28. The fourth-order valence-corrected chi connectivity index (χ4v) is 2.15. The maximum atomic E-state index is 5.61. The molecule has 9 heteroatoms. The molecule has 0 fully saturated rings. The Bertz CT molecular complexity index is 465. The maximum Gasteiger partial charge on any atom is 0.119 e. The molecule has 0 heterocycles. The molecule has 1 aromatic rings. The van der Waals surface area contributed by atoms with Crippen LogP contribution in [0.3, 0.4) is 0 Å². The Balaban J connectivity index is 1.69. The highest BCUT2D eigenvalue weighted by atomic mass is 35.5. The number of nitrogens with two attached hydrogens (primary N) is 1. The van der Waals surface area contributed by atoms with Crippen molar-refractivity contribution in [1.29, 1.82) is 0 Å². The Hall–Kier alpha value is -1.13. The standard InChI is InChI=1S/C20H34ClNO7/c21-5-6-23-7-8-24-9-10-25-11-12-26-13-14-27-15-16-28-17-18-29-20-3-1-19(22)2-4-20/h1-4H,5-18,22H2. The Morgan fingerprint density at radius 1 is 0.517 bits per heavy atom. The van der Waals surface area contributed by atoms with E-state index in [-0.39, 0.29) is 0 Å². The lowest BCUT2D eigenvalue weighted by Gasteiger charge is -2.09. The monoisotopic (exact) mass is 435 g/mol. The summed E-state index contributed by atoms with van der Waals surface area (Å²) in [6.45, 7) is 6.87. The highest BCUT2D eigenvalue weighted by Crippen LogP contribution is 2.12. The summed E-state index contributed by atoms with van der Waals surface area (Å²) in [7, 11) is 0. The molecule has 1 rings (SSSR count). The molecule has 0 atom stereocenters. The van der Waals surface area contributed by atoms with Gasteiger partial charge in [0.15, 0.2) is 0 Å². The average Bonchev–Trinajstić information content (AvgIpc) is 2.73. The minimum atomic E-state index is 0.486. The van der Waals surface area contributed by atoms with Crippen molar-refractivity contribution in [3.63, 3.8) is 0 Å². The number of ether oxygens (including phenoxy) is 7. The zero-order valence-electron chi connectivity index (χ0n) is 17.0. The van der Waals surface area contributed by atoms with Gasteiger partial charge in [-0.1, -0.05) is 0 Å². The lowest BCUT2D eigenvalue weighted by atomic mass is 10.3. The van der Waals surface area contributed by atoms with Crippen LogP contribution in [-0.4, -0.2) is 91.8 Å². The van der Waals surface area contributed by atoms with Crippen LogP contribution in [0.15, 0.2) is 24.3 Å². The third-order valence-electron chi connectivity index (χ3n) is 3.46. The molecule has 0 saturated carbocycles. The van der Waals surface area contributed by atoms with Gasteiger partial charge in [-0.2, -0.15) is 0 Å². The van der Waals surface area contributed by atoms with Crippen LogP contribution in [0.5, 0.6) is 5.75 Å². The van der Waals surface area contributed by atoms with Crippen molar-refractivity contribution in [2.24, 2.45) is 0 Å². The van der Waals surface area contributed by atoms with E-state index in [1.807, 2.05) is 12.1 Å². The van der Waals surface area contributed by atoms with Crippen LogP contribution in [-0.2, 0) is 28.4 Å². The van der Waals surface area contributed by atoms with Gasteiger partial charge >= 0.3 is 0 Å². The van der Waals surface area contributed by atoms with Crippen molar-refractivity contribution in [2.75, 3.05) is 97.5 Å². The summed E-state index contributed by atoms with van der Waals surface area (Å²) in [5.41, 5.74) is 6.33. The van der Waals surface area contributed by atoms with Crippen LogP contribution >= 0.6 is 11.6 Å². The summed E-state index contributed by atoms with van der Waals surface area (Å²) in [5, 5.41) is 0. The average molecular weight is 436 g/mol. The normalized spacial score (nSPS) is 11.1. The zero-order chi connectivity index (χ0) is 20.8. The number of anilines is 1. The van der Waals surface area contributed by atoms with Crippen molar-refractivity contribution in [1.82, 2.24) is 0 Å². The molecule has 1 aromatic carbocycles. The molecule has 0 aliphatic carbocycles. The number of rotatable bonds is 21. The van der Waals surface area contributed by atoms with Gasteiger partial charge < -0.3 is 38.9 Å². The molecule has 0 aliphatic heterocycles. The van der Waals surface area contributed by atoms with E-state index in [1.54, 1.807) is 12.1 Å². The summed E-state index contributed by atoms with van der Waals surface area (Å²) in [6.07, 6.45) is 0. The van der Waals surface area contributed by atoms with Gasteiger partial charge in [0.25, 0.3) is 0 Å². The van der Waals surface area contributed by atoms with Gasteiger partial charge in [-0.3, -0.25) is 0 Å². The summed E-state index contributed by atoms with van der Waals surface area (Å²) >= 11 is 5.49. The number of hydrogen-bond donors (Lipinski definition) is 1. The lowest BCUT2D eigenvalue weighted by Crippen LogP contribution is -2.15. The van der Waals surface area contributed by atoms with Crippen molar-refractivity contribution in [2.45, 2.75) is 0 Å². The van der Waals surface area contributed by atoms with Crippen LogP contribution in [0.25, 0.3) is 0 Å². The number of nitrogen functional groups attached to an aromatic ring is 1. The molecule has 29 heavy (non-hydrogen) atoms. The molecular weight excluding hydrogens is 402 g/mol. The quantitative estimate of drug-likeness (QED) is 0.178. The molecule has 0 amide bonds. The van der Waals surface area contributed by atoms with E-state index in [1.165, 1.54) is 0 Å². The van der Waals surface area contributed by atoms with Gasteiger partial charge in [-0.15, -0.1) is 11.6 Å². The Morgan fingerprint density at radius 3 is 1.24 bits per heavy atom. The van der Waals surface area contributed by atoms with E-state index in [0.29, 0.717) is 97.5 Å². The molecular formula is C20H34ClNO7. The van der Waals surface area contributed by atoms with E-state index >= 15 is 0 Å². The first kappa shape index (κ1) is 25.9. The van der Waals surface area contributed by atoms with Gasteiger partial charge in [0.2, 0.25) is 0 Å². The third kappa shape index (κ3) is 17.4. The maximum absolute atomic E-state index is 5.61. The SMILES string of the molecule is Nc1ccc(OCCOCCOCCOCCOCCOCCOCCCl)cc1. The second kappa shape index (κ2) is 20.2. The van der Waals surface area contributed by atoms with Crippen LogP contribution in [0, 0.1) is 0 Å². The topological polar surface area (TPSA) is 90.6 Å². The van der Waals surface area contributed by atoms with Crippen LogP contribution in [0.2, 0.25) is 0 Å². The van der Waals surface area contributed by atoms with Crippen molar-refractivity contribution >= 4 is 17.3 Å². The first-order valence-electron chi connectivity index (χ1n) is 9.83. The second-order valence-electron chi connectivity index (χ2n) is 5.78. The van der Waals surface area contributed by atoms with Crippen LogP contribution in [0.1, 0.15) is 0 Å². The van der Waals surface area contributed by atoms with Gasteiger partial charge in [-0.05, 0) is 24.3 Å². The smallest absolute Gasteiger partial charge is 0.119 e. The van der Waals surface area contributed by atoms with Crippen molar-refractivity contribution in [3.8, 4) is 5.75 Å². The summed E-state index contributed by atoms with van der Waals surface area (Å²) < 4.78 is 37.7. The number of halogens is 1. The van der Waals surface area contributed by atoms with Crippen LogP contribution in [0.4, 0.5) is 5.69 Å². The molecule has 168 valence electrons. The van der Waals surface area contributed by atoms with E-state index < -0.39 is 0 Å². The second-order valence-corrected chi connectivity index (χ2v) is 6.16. The lowest BCUT2D eigenvalue weighted by molar-refractivity contribution is -0.0172. The molecule has 0 spiro atoms. The number of benzene rings is 1. The molecule has 0 radical (unpaired) electrons. The Morgan fingerprint density at radius 2 is 0.862 bits per heavy atom. The van der Waals surface area contributed by atoms with Gasteiger partial charge in [0, 0.05) is 11.6 Å². The minimum Gasteiger partial charge on any atom is -0.491 e.